The second-order valence-electron chi connectivity index (χ2n) is 7.18. The molecule has 2 fully saturated rings. The van der Waals surface area contributed by atoms with E-state index >= 15 is 0 Å². The highest BCUT2D eigenvalue weighted by molar-refractivity contribution is 14.0. The van der Waals surface area contributed by atoms with Crippen LogP contribution in [0.1, 0.15) is 46.5 Å². The highest BCUT2D eigenvalue weighted by atomic mass is 127. The summed E-state index contributed by atoms with van der Waals surface area (Å²) in [6.07, 6.45) is 5.63. The van der Waals surface area contributed by atoms with E-state index in [1.54, 1.807) is 0 Å². The highest BCUT2D eigenvalue weighted by Gasteiger charge is 2.43. The van der Waals surface area contributed by atoms with E-state index in [-0.39, 0.29) is 29.5 Å². The van der Waals surface area contributed by atoms with Gasteiger partial charge in [0.25, 0.3) is 0 Å². The molecule has 1 aliphatic carbocycles. The second-order valence-corrected chi connectivity index (χ2v) is 7.18. The topological polar surface area (TPSA) is 39.7 Å². The lowest BCUT2D eigenvalue weighted by Gasteiger charge is -2.38. The molecule has 0 amide bonds. The molecule has 2 rings (SSSR count). The van der Waals surface area contributed by atoms with Crippen LogP contribution in [-0.4, -0.2) is 49.6 Å². The Morgan fingerprint density at radius 1 is 1.20 bits per heavy atom. The molecule has 2 N–H and O–H groups in total. The van der Waals surface area contributed by atoms with Gasteiger partial charge in [-0.1, -0.05) is 6.42 Å². The minimum Gasteiger partial charge on any atom is -0.355 e. The first kappa shape index (κ1) is 18.0. The number of halogens is 1. The van der Waals surface area contributed by atoms with Gasteiger partial charge in [-0.3, -0.25) is 4.99 Å². The van der Waals surface area contributed by atoms with Crippen LogP contribution in [-0.2, 0) is 0 Å². The molecule has 0 bridgehead atoms. The average Bonchev–Trinajstić information content (AvgIpc) is 2.72. The number of nitrogens with one attached hydrogen (secondary N) is 2. The van der Waals surface area contributed by atoms with Gasteiger partial charge in [0.15, 0.2) is 5.96 Å². The van der Waals surface area contributed by atoms with E-state index in [2.05, 4.69) is 41.3 Å². The Bertz CT molecular complexity index is 331. The summed E-state index contributed by atoms with van der Waals surface area (Å²) in [4.78, 5) is 6.87. The van der Waals surface area contributed by atoms with Crippen molar-refractivity contribution >= 4 is 29.9 Å². The van der Waals surface area contributed by atoms with Crippen LogP contribution in [0.15, 0.2) is 4.99 Å². The molecule has 118 valence electrons. The van der Waals surface area contributed by atoms with Crippen LogP contribution in [0.3, 0.4) is 0 Å². The molecule has 0 radical (unpaired) electrons. The fraction of sp³-hybridized carbons (Fsp3) is 0.933. The number of guanidine groups is 1. The van der Waals surface area contributed by atoms with E-state index < -0.39 is 0 Å². The molecule has 0 aromatic carbocycles. The standard InChI is InChI=1S/C15H30N4.HI/c1-14(2,3)18-10-9-17-13(16-4)19-11-8-15(12-19)6-5-7-15;/h18H,5-12H2,1-4H3,(H,16,17);1H. The lowest BCUT2D eigenvalue weighted by molar-refractivity contribution is 0.151. The molecule has 1 spiro atoms. The fourth-order valence-corrected chi connectivity index (χ4v) is 3.14. The maximum Gasteiger partial charge on any atom is 0.193 e. The Hall–Kier alpha value is -0.0400. The number of hydrogen-bond acceptors (Lipinski definition) is 2. The predicted octanol–water partition coefficient (Wildman–Crippen LogP) is 2.44. The van der Waals surface area contributed by atoms with Crippen molar-refractivity contribution in [3.8, 4) is 0 Å². The molecular formula is C15H31IN4. The normalized spacial score (nSPS) is 21.6. The molecule has 0 aromatic rings. The first-order chi connectivity index (χ1) is 8.94. The summed E-state index contributed by atoms with van der Waals surface area (Å²) in [7, 11) is 1.89. The van der Waals surface area contributed by atoms with Gasteiger partial charge >= 0.3 is 0 Å². The molecule has 0 aromatic heterocycles. The van der Waals surface area contributed by atoms with Crippen LogP contribution in [0.25, 0.3) is 0 Å². The van der Waals surface area contributed by atoms with Crippen molar-refractivity contribution in [3.05, 3.63) is 0 Å². The third-order valence-corrected chi connectivity index (χ3v) is 4.43. The third-order valence-electron chi connectivity index (χ3n) is 4.43. The number of nitrogens with zero attached hydrogens (tertiary/aromatic N) is 2. The maximum atomic E-state index is 4.43. The van der Waals surface area contributed by atoms with Crippen LogP contribution in [0.2, 0.25) is 0 Å². The minimum absolute atomic E-state index is 0. The van der Waals surface area contributed by atoms with E-state index in [0.29, 0.717) is 5.41 Å². The fourth-order valence-electron chi connectivity index (χ4n) is 3.14. The van der Waals surface area contributed by atoms with Crippen LogP contribution < -0.4 is 10.6 Å². The van der Waals surface area contributed by atoms with Crippen molar-refractivity contribution in [2.75, 3.05) is 33.2 Å². The molecule has 1 saturated heterocycles. The van der Waals surface area contributed by atoms with Crippen molar-refractivity contribution in [2.45, 2.75) is 52.0 Å². The Morgan fingerprint density at radius 3 is 2.35 bits per heavy atom. The zero-order valence-corrected chi connectivity index (χ0v) is 15.8. The van der Waals surface area contributed by atoms with Crippen molar-refractivity contribution in [1.29, 1.82) is 0 Å². The van der Waals surface area contributed by atoms with Gasteiger partial charge in [0, 0.05) is 38.8 Å². The van der Waals surface area contributed by atoms with Gasteiger partial charge in [-0.2, -0.15) is 0 Å². The molecule has 0 atom stereocenters. The smallest absolute Gasteiger partial charge is 0.193 e. The SMILES string of the molecule is CN=C(NCCNC(C)(C)C)N1CCC2(CCC2)C1.I. The molecule has 5 heteroatoms. The molecule has 0 unspecified atom stereocenters. The minimum atomic E-state index is 0. The molecule has 1 aliphatic heterocycles. The summed E-state index contributed by atoms with van der Waals surface area (Å²) >= 11 is 0. The molecule has 2 aliphatic rings. The van der Waals surface area contributed by atoms with Crippen molar-refractivity contribution in [3.63, 3.8) is 0 Å². The summed E-state index contributed by atoms with van der Waals surface area (Å²) in [5.74, 6) is 1.08. The summed E-state index contributed by atoms with van der Waals surface area (Å²) in [5, 5.41) is 6.98. The average molecular weight is 394 g/mol. The van der Waals surface area contributed by atoms with Gasteiger partial charge in [-0.05, 0) is 45.4 Å². The number of hydrogen-bond donors (Lipinski definition) is 2. The molecular weight excluding hydrogens is 363 g/mol. The molecule has 4 nitrogen and oxygen atoms in total. The van der Waals surface area contributed by atoms with E-state index in [4.69, 9.17) is 0 Å². The monoisotopic (exact) mass is 394 g/mol. The quantitative estimate of drug-likeness (QED) is 0.334. The number of likely N-dealkylation sites (tertiary alicyclic amines) is 1. The summed E-state index contributed by atoms with van der Waals surface area (Å²) < 4.78 is 0. The number of rotatable bonds is 3. The Labute approximate surface area is 141 Å². The lowest BCUT2D eigenvalue weighted by Crippen LogP contribution is -2.46. The zero-order valence-electron chi connectivity index (χ0n) is 13.5. The van der Waals surface area contributed by atoms with Crippen LogP contribution in [0, 0.1) is 5.41 Å². The Balaban J connectivity index is 0.00000200. The van der Waals surface area contributed by atoms with E-state index in [0.717, 1.165) is 19.0 Å². The summed E-state index contributed by atoms with van der Waals surface area (Å²) in [6, 6.07) is 0. The van der Waals surface area contributed by atoms with Gasteiger partial charge in [0.1, 0.15) is 0 Å². The van der Waals surface area contributed by atoms with E-state index in [1.807, 2.05) is 7.05 Å². The third kappa shape index (κ3) is 4.76. The maximum absolute atomic E-state index is 4.43. The molecule has 1 heterocycles. The van der Waals surface area contributed by atoms with Gasteiger partial charge in [-0.25, -0.2) is 0 Å². The van der Waals surface area contributed by atoms with Gasteiger partial charge in [0.2, 0.25) is 0 Å². The lowest BCUT2D eigenvalue weighted by atomic mass is 9.68. The second kappa shape index (κ2) is 7.29. The van der Waals surface area contributed by atoms with Crippen LogP contribution in [0.4, 0.5) is 0 Å². The zero-order chi connectivity index (χ0) is 13.9. The number of aliphatic imine (C=N–C) groups is 1. The van der Waals surface area contributed by atoms with Crippen molar-refractivity contribution in [1.82, 2.24) is 15.5 Å². The highest BCUT2D eigenvalue weighted by Crippen LogP contribution is 2.47. The van der Waals surface area contributed by atoms with E-state index in [1.165, 1.54) is 38.8 Å². The van der Waals surface area contributed by atoms with Crippen LogP contribution in [0.5, 0.6) is 0 Å². The molecule has 1 saturated carbocycles. The summed E-state index contributed by atoms with van der Waals surface area (Å²) in [5.41, 5.74) is 0.829. The first-order valence-electron chi connectivity index (χ1n) is 7.65. The Morgan fingerprint density at radius 2 is 1.90 bits per heavy atom. The first-order valence-corrected chi connectivity index (χ1v) is 7.65. The van der Waals surface area contributed by atoms with Gasteiger partial charge in [-0.15, -0.1) is 24.0 Å². The largest absolute Gasteiger partial charge is 0.355 e. The Kier molecular flexibility index (Phi) is 6.57. The predicted molar refractivity (Wildman–Crippen MR) is 97.0 cm³/mol. The van der Waals surface area contributed by atoms with Gasteiger partial charge < -0.3 is 15.5 Å². The summed E-state index contributed by atoms with van der Waals surface area (Å²) in [6.45, 7) is 10.9. The van der Waals surface area contributed by atoms with Crippen molar-refractivity contribution < 1.29 is 0 Å². The van der Waals surface area contributed by atoms with E-state index in [9.17, 15) is 0 Å². The van der Waals surface area contributed by atoms with Gasteiger partial charge in [0.05, 0.1) is 0 Å². The van der Waals surface area contributed by atoms with Crippen LogP contribution >= 0.6 is 24.0 Å². The molecule has 20 heavy (non-hydrogen) atoms. The van der Waals surface area contributed by atoms with Crippen molar-refractivity contribution in [2.24, 2.45) is 10.4 Å².